The van der Waals surface area contributed by atoms with Crippen LogP contribution in [0.4, 0.5) is 0 Å². The SMILES string of the molecule is CC#C/C=C\C=C\CC(O)/C(Br)=C(C)/C=C/C=C\C=C(\C)C(O)C(C)(C)C(=O)NC(C)CCC(C)O. The van der Waals surface area contributed by atoms with Crippen LogP contribution >= 0.6 is 15.9 Å². The van der Waals surface area contributed by atoms with Crippen molar-refractivity contribution in [1.82, 2.24) is 5.32 Å². The van der Waals surface area contributed by atoms with Gasteiger partial charge in [-0.25, -0.2) is 0 Å². The van der Waals surface area contributed by atoms with Gasteiger partial charge in [0.2, 0.25) is 5.91 Å². The molecule has 4 unspecified atom stereocenters. The largest absolute Gasteiger partial charge is 0.393 e. The van der Waals surface area contributed by atoms with Crippen molar-refractivity contribution in [3.05, 3.63) is 70.3 Å². The van der Waals surface area contributed by atoms with E-state index in [-0.39, 0.29) is 11.9 Å². The molecular weight excluding hydrogens is 518 g/mol. The number of nitrogens with one attached hydrogen (secondary N) is 1. The maximum Gasteiger partial charge on any atom is 0.228 e. The second-order valence-corrected chi connectivity index (χ2v) is 10.4. The van der Waals surface area contributed by atoms with Crippen LogP contribution in [0.15, 0.2) is 70.3 Å². The van der Waals surface area contributed by atoms with Crippen molar-refractivity contribution in [3.8, 4) is 11.8 Å². The van der Waals surface area contributed by atoms with Gasteiger partial charge in [0.25, 0.3) is 0 Å². The van der Waals surface area contributed by atoms with Crippen molar-refractivity contribution in [1.29, 1.82) is 0 Å². The highest BCUT2D eigenvalue weighted by Crippen LogP contribution is 2.27. The normalized spacial score (nSPS) is 17.2. The quantitative estimate of drug-likeness (QED) is 0.163. The Hall–Kier alpha value is -2.17. The first-order chi connectivity index (χ1) is 16.8. The molecule has 0 bridgehead atoms. The van der Waals surface area contributed by atoms with Gasteiger partial charge in [-0.3, -0.25) is 4.79 Å². The average Bonchev–Trinajstić information content (AvgIpc) is 2.82. The molecule has 0 fully saturated rings. The number of allylic oxidation sites excluding steroid dienone is 9. The predicted octanol–water partition coefficient (Wildman–Crippen LogP) is 5.65. The molecule has 6 heteroatoms. The van der Waals surface area contributed by atoms with E-state index in [1.165, 1.54) is 0 Å². The molecule has 0 rings (SSSR count). The molecule has 0 spiro atoms. The Morgan fingerprint density at radius 1 is 1.03 bits per heavy atom. The van der Waals surface area contributed by atoms with Gasteiger partial charge in [0, 0.05) is 10.5 Å². The molecule has 0 saturated carbocycles. The van der Waals surface area contributed by atoms with E-state index in [4.69, 9.17) is 0 Å². The summed E-state index contributed by atoms with van der Waals surface area (Å²) in [7, 11) is 0. The molecule has 1 amide bonds. The highest BCUT2D eigenvalue weighted by molar-refractivity contribution is 9.11. The van der Waals surface area contributed by atoms with Crippen LogP contribution in [0, 0.1) is 17.3 Å². The Morgan fingerprint density at radius 2 is 1.69 bits per heavy atom. The third-order valence-corrected chi connectivity index (χ3v) is 6.78. The molecule has 0 saturated heterocycles. The molecule has 0 aromatic carbocycles. The van der Waals surface area contributed by atoms with E-state index < -0.39 is 23.7 Å². The minimum Gasteiger partial charge on any atom is -0.393 e. The summed E-state index contributed by atoms with van der Waals surface area (Å²) < 4.78 is 0.715. The Bertz CT molecular complexity index is 926. The van der Waals surface area contributed by atoms with E-state index in [9.17, 15) is 20.1 Å². The summed E-state index contributed by atoms with van der Waals surface area (Å²) >= 11 is 3.47. The van der Waals surface area contributed by atoms with Gasteiger partial charge in [-0.05, 0) is 85.0 Å². The Morgan fingerprint density at radius 3 is 2.31 bits per heavy atom. The molecule has 36 heavy (non-hydrogen) atoms. The first-order valence-corrected chi connectivity index (χ1v) is 13.1. The van der Waals surface area contributed by atoms with E-state index in [0.29, 0.717) is 29.3 Å². The third kappa shape index (κ3) is 13.8. The lowest BCUT2D eigenvalue weighted by molar-refractivity contribution is -0.134. The number of carbonyl (C=O) groups excluding carboxylic acids is 1. The lowest BCUT2D eigenvalue weighted by Gasteiger charge is -2.31. The molecule has 0 aliphatic heterocycles. The topological polar surface area (TPSA) is 89.8 Å². The maximum atomic E-state index is 12.7. The molecule has 4 N–H and O–H groups in total. The van der Waals surface area contributed by atoms with E-state index in [1.807, 2.05) is 50.3 Å². The summed E-state index contributed by atoms with van der Waals surface area (Å²) in [5, 5.41) is 33.5. The van der Waals surface area contributed by atoms with Crippen LogP contribution in [0.1, 0.15) is 67.7 Å². The number of halogens is 1. The molecule has 0 aromatic rings. The molecule has 0 aliphatic rings. The lowest BCUT2D eigenvalue weighted by Crippen LogP contribution is -2.48. The molecule has 0 radical (unpaired) electrons. The van der Waals surface area contributed by atoms with E-state index >= 15 is 0 Å². The summed E-state index contributed by atoms with van der Waals surface area (Å²) in [6.45, 7) is 12.5. The fourth-order valence-corrected chi connectivity index (χ4v) is 3.47. The zero-order chi connectivity index (χ0) is 27.7. The maximum absolute atomic E-state index is 12.7. The first-order valence-electron chi connectivity index (χ1n) is 12.3. The first kappa shape index (κ1) is 33.8. The van der Waals surface area contributed by atoms with Crippen LogP contribution in [-0.4, -0.2) is 45.6 Å². The monoisotopic (exact) mass is 561 g/mol. The van der Waals surface area contributed by atoms with Crippen LogP contribution in [-0.2, 0) is 4.79 Å². The summed E-state index contributed by atoms with van der Waals surface area (Å²) in [5.74, 6) is 5.38. The molecule has 5 nitrogen and oxygen atoms in total. The number of aliphatic hydroxyl groups excluding tert-OH is 3. The van der Waals surface area contributed by atoms with Crippen molar-refractivity contribution in [2.45, 2.75) is 92.1 Å². The fraction of sp³-hybridized carbons (Fsp3) is 0.500. The molecular formula is C30H44BrNO4. The number of aliphatic hydroxyl groups is 3. The number of hydrogen-bond acceptors (Lipinski definition) is 4. The Balaban J connectivity index is 4.98. The van der Waals surface area contributed by atoms with Gasteiger partial charge >= 0.3 is 0 Å². The van der Waals surface area contributed by atoms with E-state index in [1.54, 1.807) is 52.8 Å². The zero-order valence-corrected chi connectivity index (χ0v) is 24.3. The molecule has 0 heterocycles. The van der Waals surface area contributed by atoms with Crippen LogP contribution < -0.4 is 5.32 Å². The van der Waals surface area contributed by atoms with Crippen molar-refractivity contribution in [2.24, 2.45) is 5.41 Å². The van der Waals surface area contributed by atoms with E-state index in [2.05, 4.69) is 33.1 Å². The number of hydrogen-bond donors (Lipinski definition) is 4. The van der Waals surface area contributed by atoms with Crippen LogP contribution in [0.5, 0.6) is 0 Å². The number of amides is 1. The summed E-state index contributed by atoms with van der Waals surface area (Å²) in [6.07, 6.45) is 16.2. The second kappa shape index (κ2) is 18.1. The highest BCUT2D eigenvalue weighted by Gasteiger charge is 2.37. The molecule has 200 valence electrons. The van der Waals surface area contributed by atoms with Gasteiger partial charge in [-0.1, -0.05) is 70.5 Å². The highest BCUT2D eigenvalue weighted by atomic mass is 79.9. The number of carbonyl (C=O) groups is 1. The van der Waals surface area contributed by atoms with Crippen molar-refractivity contribution >= 4 is 21.8 Å². The third-order valence-electron chi connectivity index (χ3n) is 5.62. The molecule has 0 aromatic heterocycles. The van der Waals surface area contributed by atoms with Crippen LogP contribution in [0.3, 0.4) is 0 Å². The van der Waals surface area contributed by atoms with Crippen molar-refractivity contribution < 1.29 is 20.1 Å². The molecule has 4 atom stereocenters. The Labute approximate surface area is 226 Å². The fourth-order valence-electron chi connectivity index (χ4n) is 3.15. The smallest absolute Gasteiger partial charge is 0.228 e. The Kier molecular flexibility index (Phi) is 17.0. The van der Waals surface area contributed by atoms with Gasteiger partial charge in [0.1, 0.15) is 0 Å². The number of rotatable bonds is 14. The zero-order valence-electron chi connectivity index (χ0n) is 22.8. The van der Waals surface area contributed by atoms with Crippen LogP contribution in [0.2, 0.25) is 0 Å². The average molecular weight is 563 g/mol. The second-order valence-electron chi connectivity index (χ2n) is 9.54. The minimum atomic E-state index is -1.00. The molecule has 0 aliphatic carbocycles. The van der Waals surface area contributed by atoms with Gasteiger partial charge < -0.3 is 20.6 Å². The lowest BCUT2D eigenvalue weighted by atomic mass is 9.81. The van der Waals surface area contributed by atoms with Gasteiger partial charge in [-0.2, -0.15) is 0 Å². The minimum absolute atomic E-state index is 0.0875. The summed E-state index contributed by atoms with van der Waals surface area (Å²) in [5.41, 5.74) is 0.569. The van der Waals surface area contributed by atoms with Gasteiger partial charge in [0.05, 0.1) is 23.7 Å². The predicted molar refractivity (Wildman–Crippen MR) is 154 cm³/mol. The van der Waals surface area contributed by atoms with Crippen molar-refractivity contribution in [2.75, 3.05) is 0 Å². The van der Waals surface area contributed by atoms with Crippen molar-refractivity contribution in [3.63, 3.8) is 0 Å². The standard InChI is InChI=1S/C30H44BrNO4/c1-8-9-10-11-12-16-19-26(34)27(31)22(2)17-14-13-15-18-23(3)28(35)30(6,7)29(36)32-24(4)20-21-25(5)33/h10-18,24-26,28,33-35H,19-21H2,1-7H3,(H,32,36)/b11-10-,15-13-,16-12+,17-14+,23-18-,27-22-. The van der Waals surface area contributed by atoms with Gasteiger partial charge in [-0.15, -0.1) is 5.92 Å². The van der Waals surface area contributed by atoms with Gasteiger partial charge in [0.15, 0.2) is 0 Å². The van der Waals surface area contributed by atoms with Crippen LogP contribution in [0.25, 0.3) is 0 Å². The summed E-state index contributed by atoms with van der Waals surface area (Å²) in [6, 6.07) is -0.0875. The summed E-state index contributed by atoms with van der Waals surface area (Å²) in [4.78, 5) is 12.7. The van der Waals surface area contributed by atoms with E-state index in [0.717, 1.165) is 5.57 Å².